The lowest BCUT2D eigenvalue weighted by atomic mass is 9.94. The van der Waals surface area contributed by atoms with E-state index in [1.807, 2.05) is 0 Å². The van der Waals surface area contributed by atoms with E-state index >= 15 is 0 Å². The second-order valence-electron chi connectivity index (χ2n) is 5.85. The summed E-state index contributed by atoms with van der Waals surface area (Å²) in [5, 5.41) is 2.42. The van der Waals surface area contributed by atoms with E-state index in [9.17, 15) is 0 Å². The van der Waals surface area contributed by atoms with E-state index in [1.165, 1.54) is 37.1 Å². The molecule has 1 atom stereocenters. The van der Waals surface area contributed by atoms with Crippen molar-refractivity contribution in [2.75, 3.05) is 33.9 Å². The van der Waals surface area contributed by atoms with Crippen molar-refractivity contribution in [2.45, 2.75) is 39.3 Å². The predicted octanol–water partition coefficient (Wildman–Crippen LogP) is 0.527. The summed E-state index contributed by atoms with van der Waals surface area (Å²) in [6.45, 7) is 9.23. The lowest BCUT2D eigenvalue weighted by Gasteiger charge is -2.32. The highest BCUT2D eigenvalue weighted by molar-refractivity contribution is 5.48. The van der Waals surface area contributed by atoms with Crippen LogP contribution in [0.2, 0.25) is 0 Å². The first kappa shape index (κ1) is 16.1. The molecule has 0 unspecified atom stereocenters. The minimum absolute atomic E-state index is 0.563. The summed E-state index contributed by atoms with van der Waals surface area (Å²) < 4.78 is 11.0. The Labute approximate surface area is 128 Å². The van der Waals surface area contributed by atoms with Crippen molar-refractivity contribution in [3.8, 4) is 11.5 Å². The molecule has 1 aliphatic heterocycles. The highest BCUT2D eigenvalue weighted by Gasteiger charge is 2.32. The zero-order chi connectivity index (χ0) is 15.2. The first-order valence-corrected chi connectivity index (χ1v) is 8.16. The maximum absolute atomic E-state index is 5.51. The minimum Gasteiger partial charge on any atom is -0.493 e. The van der Waals surface area contributed by atoms with Gasteiger partial charge in [0, 0.05) is 11.1 Å². The van der Waals surface area contributed by atoms with Gasteiger partial charge in [0.05, 0.1) is 27.3 Å². The fourth-order valence-corrected chi connectivity index (χ4v) is 3.47. The van der Waals surface area contributed by atoms with E-state index in [0.717, 1.165) is 24.6 Å². The van der Waals surface area contributed by atoms with Crippen molar-refractivity contribution in [1.82, 2.24) is 0 Å². The third-order valence-corrected chi connectivity index (χ3v) is 4.42. The van der Waals surface area contributed by atoms with Crippen molar-refractivity contribution in [3.05, 3.63) is 23.3 Å². The van der Waals surface area contributed by atoms with Crippen LogP contribution in [0.3, 0.4) is 0 Å². The van der Waals surface area contributed by atoms with Crippen molar-refractivity contribution in [2.24, 2.45) is 0 Å². The zero-order valence-electron chi connectivity index (χ0n) is 13.9. The third-order valence-electron chi connectivity index (χ3n) is 4.42. The number of rotatable bonds is 7. The topological polar surface area (TPSA) is 39.5 Å². The fraction of sp³-hybridized carbons (Fsp3) is 0.647. The summed E-state index contributed by atoms with van der Waals surface area (Å²) in [4.78, 5) is 1.70. The van der Waals surface area contributed by atoms with Crippen molar-refractivity contribution >= 4 is 0 Å². The van der Waals surface area contributed by atoms with Gasteiger partial charge in [-0.2, -0.15) is 0 Å². The molecular formula is C17H30N2O2+2. The van der Waals surface area contributed by atoms with Gasteiger partial charge in [-0.1, -0.05) is 13.8 Å². The van der Waals surface area contributed by atoms with E-state index in [1.54, 1.807) is 19.1 Å². The van der Waals surface area contributed by atoms with Gasteiger partial charge in [-0.25, -0.2) is 0 Å². The highest BCUT2D eigenvalue weighted by atomic mass is 16.5. The van der Waals surface area contributed by atoms with Crippen LogP contribution in [-0.4, -0.2) is 33.9 Å². The maximum atomic E-state index is 5.51. The first-order chi connectivity index (χ1) is 10.2. The summed E-state index contributed by atoms with van der Waals surface area (Å²) in [5.74, 6) is 1.70. The Morgan fingerprint density at radius 2 is 1.71 bits per heavy atom. The third kappa shape index (κ3) is 3.50. The molecule has 0 fully saturated rings. The smallest absolute Gasteiger partial charge is 0.163 e. The second kappa shape index (κ2) is 7.66. The average molecular weight is 294 g/mol. The Balaban J connectivity index is 2.36. The molecule has 0 saturated carbocycles. The molecule has 1 heterocycles. The number of quaternary nitrogens is 2. The molecule has 0 bridgehead atoms. The molecule has 0 amide bonds. The van der Waals surface area contributed by atoms with Crippen LogP contribution in [0.5, 0.6) is 11.5 Å². The van der Waals surface area contributed by atoms with Gasteiger partial charge in [0.2, 0.25) is 0 Å². The Morgan fingerprint density at radius 1 is 1.10 bits per heavy atom. The van der Waals surface area contributed by atoms with Gasteiger partial charge < -0.3 is 19.7 Å². The number of nitrogens with two attached hydrogens (primary N) is 1. The summed E-state index contributed by atoms with van der Waals surface area (Å²) in [5.41, 5.74) is 2.85. The van der Waals surface area contributed by atoms with Crippen molar-refractivity contribution < 1.29 is 19.7 Å². The van der Waals surface area contributed by atoms with Crippen LogP contribution in [0, 0.1) is 0 Å². The molecule has 3 N–H and O–H groups in total. The van der Waals surface area contributed by atoms with Crippen LogP contribution in [0.25, 0.3) is 0 Å². The monoisotopic (exact) mass is 294 g/mol. The van der Waals surface area contributed by atoms with Gasteiger partial charge in [0.1, 0.15) is 13.1 Å². The van der Waals surface area contributed by atoms with Crippen LogP contribution >= 0.6 is 0 Å². The number of benzene rings is 1. The van der Waals surface area contributed by atoms with E-state index in [-0.39, 0.29) is 0 Å². The molecule has 4 heteroatoms. The predicted molar refractivity (Wildman–Crippen MR) is 84.1 cm³/mol. The highest BCUT2D eigenvalue weighted by Crippen LogP contribution is 2.33. The lowest BCUT2D eigenvalue weighted by molar-refractivity contribution is -0.948. The molecule has 0 radical (unpaired) electrons. The average Bonchev–Trinajstić information content (AvgIpc) is 2.52. The number of fused-ring (bicyclic) bond motifs is 1. The number of hydrogen-bond acceptors (Lipinski definition) is 2. The van der Waals surface area contributed by atoms with Gasteiger partial charge in [0.25, 0.3) is 0 Å². The molecule has 1 aromatic carbocycles. The van der Waals surface area contributed by atoms with Crippen LogP contribution in [0.15, 0.2) is 12.1 Å². The molecule has 0 aliphatic carbocycles. The SMILES string of the molecule is CCC[NH+](CCC)[C@@H]1C[NH2+]Cc2cc(OC)c(OC)cc21. The van der Waals surface area contributed by atoms with Gasteiger partial charge in [-0.15, -0.1) is 0 Å². The van der Waals surface area contributed by atoms with Crippen molar-refractivity contribution in [1.29, 1.82) is 0 Å². The van der Waals surface area contributed by atoms with Gasteiger partial charge in [-0.3, -0.25) is 0 Å². The molecule has 118 valence electrons. The van der Waals surface area contributed by atoms with E-state index in [4.69, 9.17) is 9.47 Å². The molecule has 0 aromatic heterocycles. The van der Waals surface area contributed by atoms with Gasteiger partial charge in [-0.05, 0) is 25.0 Å². The van der Waals surface area contributed by atoms with Crippen molar-refractivity contribution in [3.63, 3.8) is 0 Å². The standard InChI is InChI=1S/C17H28N2O2/c1-5-7-19(8-6-2)15-12-18-11-13-9-16(20-3)17(21-4)10-14(13)15/h9-10,15,18H,5-8,11-12H2,1-4H3/p+2/t15-/m1/s1. The molecular weight excluding hydrogens is 264 g/mol. The molecule has 2 rings (SSSR count). The van der Waals surface area contributed by atoms with E-state index in [2.05, 4.69) is 31.3 Å². The molecule has 1 aliphatic rings. The van der Waals surface area contributed by atoms with Gasteiger partial charge in [0.15, 0.2) is 17.5 Å². The number of hydrogen-bond donors (Lipinski definition) is 2. The first-order valence-electron chi connectivity index (χ1n) is 8.16. The molecule has 0 spiro atoms. The number of nitrogens with one attached hydrogen (secondary N) is 1. The Kier molecular flexibility index (Phi) is 5.88. The molecule has 0 saturated heterocycles. The second-order valence-corrected chi connectivity index (χ2v) is 5.85. The van der Waals surface area contributed by atoms with E-state index in [0.29, 0.717) is 6.04 Å². The van der Waals surface area contributed by atoms with Crippen LogP contribution in [0.4, 0.5) is 0 Å². The molecule has 4 nitrogen and oxygen atoms in total. The van der Waals surface area contributed by atoms with Crippen LogP contribution < -0.4 is 19.7 Å². The largest absolute Gasteiger partial charge is 0.493 e. The molecule has 21 heavy (non-hydrogen) atoms. The number of ether oxygens (including phenoxy) is 2. The summed E-state index contributed by atoms with van der Waals surface area (Å²) >= 11 is 0. The van der Waals surface area contributed by atoms with Crippen LogP contribution in [0.1, 0.15) is 43.9 Å². The minimum atomic E-state index is 0.563. The fourth-order valence-electron chi connectivity index (χ4n) is 3.47. The van der Waals surface area contributed by atoms with E-state index < -0.39 is 0 Å². The maximum Gasteiger partial charge on any atom is 0.163 e. The Hall–Kier alpha value is -1.26. The Bertz CT molecular complexity index is 456. The summed E-state index contributed by atoms with van der Waals surface area (Å²) in [7, 11) is 3.43. The van der Waals surface area contributed by atoms with Gasteiger partial charge >= 0.3 is 0 Å². The van der Waals surface area contributed by atoms with Crippen LogP contribution in [-0.2, 0) is 6.54 Å². The lowest BCUT2D eigenvalue weighted by Crippen LogP contribution is -3.15. The quantitative estimate of drug-likeness (QED) is 0.770. The summed E-state index contributed by atoms with van der Waals surface area (Å²) in [6, 6.07) is 4.93. The summed E-state index contributed by atoms with van der Waals surface area (Å²) in [6.07, 6.45) is 2.46. The normalized spacial score (nSPS) is 17.7. The zero-order valence-corrected chi connectivity index (χ0v) is 13.9. The number of methoxy groups -OCH3 is 2. The Morgan fingerprint density at radius 3 is 2.29 bits per heavy atom. The molecule has 1 aromatic rings.